The number of carbonyl (C=O) groups excluding carboxylic acids is 4. The molecule has 89 heavy (non-hydrogen) atoms. The summed E-state index contributed by atoms with van der Waals surface area (Å²) >= 11 is 0. The Labute approximate surface area is 543 Å². The van der Waals surface area contributed by atoms with Gasteiger partial charge in [0.05, 0.1) is 26.4 Å². The van der Waals surface area contributed by atoms with Crippen molar-refractivity contribution in [1.29, 1.82) is 0 Å². The van der Waals surface area contributed by atoms with Crippen LogP contribution in [0.4, 0.5) is 0 Å². The average molecular weight is 1310 g/mol. The maximum Gasteiger partial charge on any atom is 0.472 e. The summed E-state index contributed by atoms with van der Waals surface area (Å²) in [6, 6.07) is 0. The van der Waals surface area contributed by atoms with Crippen LogP contribution in [0.15, 0.2) is 0 Å². The minimum atomic E-state index is -4.95. The van der Waals surface area contributed by atoms with E-state index in [1.54, 1.807) is 0 Å². The van der Waals surface area contributed by atoms with Crippen LogP contribution < -0.4 is 0 Å². The number of hydrogen-bond donors (Lipinski definition) is 3. The van der Waals surface area contributed by atoms with Crippen LogP contribution in [0.2, 0.25) is 0 Å². The van der Waals surface area contributed by atoms with Gasteiger partial charge in [-0.3, -0.25) is 37.3 Å². The minimum absolute atomic E-state index is 0.105. The van der Waals surface area contributed by atoms with E-state index in [9.17, 15) is 43.2 Å². The molecule has 0 aromatic heterocycles. The Kier molecular flexibility index (Phi) is 58.5. The number of carbonyl (C=O) groups is 4. The van der Waals surface area contributed by atoms with Crippen LogP contribution in [0.25, 0.3) is 0 Å². The molecule has 3 N–H and O–H groups in total. The number of unbranched alkanes of at least 4 members (excludes halogenated alkanes) is 32. The Bertz CT molecular complexity index is 1770. The molecule has 0 aliphatic carbocycles. The van der Waals surface area contributed by atoms with E-state index in [0.29, 0.717) is 31.6 Å². The van der Waals surface area contributed by atoms with Crippen LogP contribution in [-0.4, -0.2) is 96.7 Å². The van der Waals surface area contributed by atoms with Crippen molar-refractivity contribution in [2.24, 2.45) is 23.7 Å². The topological polar surface area (TPSA) is 237 Å². The van der Waals surface area contributed by atoms with Gasteiger partial charge in [0.1, 0.15) is 19.3 Å². The molecule has 6 atom stereocenters. The molecule has 3 unspecified atom stereocenters. The Morgan fingerprint density at radius 3 is 0.798 bits per heavy atom. The maximum absolute atomic E-state index is 13.0. The number of esters is 4. The summed E-state index contributed by atoms with van der Waals surface area (Å²) in [7, 11) is -9.90. The van der Waals surface area contributed by atoms with Gasteiger partial charge < -0.3 is 33.8 Å². The summed E-state index contributed by atoms with van der Waals surface area (Å²) in [4.78, 5) is 72.5. The van der Waals surface area contributed by atoms with Gasteiger partial charge in [0, 0.05) is 25.7 Å². The Morgan fingerprint density at radius 2 is 0.539 bits per heavy atom. The van der Waals surface area contributed by atoms with E-state index in [4.69, 9.17) is 37.0 Å². The number of phosphoric acid groups is 2. The molecule has 0 rings (SSSR count). The summed E-state index contributed by atoms with van der Waals surface area (Å²) < 4.78 is 68.3. The second kappa shape index (κ2) is 59.8. The van der Waals surface area contributed by atoms with Gasteiger partial charge in [-0.25, -0.2) is 9.13 Å². The molecule has 0 aliphatic rings. The zero-order chi connectivity index (χ0) is 66.1. The van der Waals surface area contributed by atoms with Crippen molar-refractivity contribution in [3.63, 3.8) is 0 Å². The first-order chi connectivity index (χ1) is 42.6. The van der Waals surface area contributed by atoms with Crippen molar-refractivity contribution in [3.05, 3.63) is 0 Å². The van der Waals surface area contributed by atoms with Gasteiger partial charge in [0.2, 0.25) is 0 Å². The molecule has 0 amide bonds. The maximum atomic E-state index is 13.0. The number of aliphatic hydroxyl groups excluding tert-OH is 1. The highest BCUT2D eigenvalue weighted by Crippen LogP contribution is 2.45. The van der Waals surface area contributed by atoms with Crippen LogP contribution >= 0.6 is 15.6 Å². The molecule has 0 bridgehead atoms. The van der Waals surface area contributed by atoms with Gasteiger partial charge >= 0.3 is 39.5 Å². The molecule has 19 heteroatoms. The summed E-state index contributed by atoms with van der Waals surface area (Å²) in [6.07, 6.45) is 41.7. The highest BCUT2D eigenvalue weighted by molar-refractivity contribution is 7.47. The molecule has 17 nitrogen and oxygen atoms in total. The normalized spacial score (nSPS) is 14.6. The predicted octanol–water partition coefficient (Wildman–Crippen LogP) is 19.7. The van der Waals surface area contributed by atoms with E-state index < -0.39 is 97.5 Å². The standard InChI is InChI=1S/C70H136O17P2/c1-9-63(8)49-41-33-28-29-35-43-51-68(73)81-57-66(87-69(74)52-44-36-25-19-15-11-10-13-17-22-30-38-46-60(2)3)59-85-89(78,79)83-55-64(71)54-82-88(76,77)84-58-65(56-80-67(72)50-42-34-27-21-24-32-40-48-62(6)7)86-70(75)53-45-37-26-20-16-12-14-18-23-31-39-47-61(4)5/h60-66,71H,9-59H2,1-8H3,(H,76,77)(H,78,79)/t63?,64-,65-,66-/m1/s1. The average Bonchev–Trinajstić information content (AvgIpc) is 3.70. The number of aliphatic hydroxyl groups is 1. The molecular weight excluding hydrogens is 1170 g/mol. The number of ether oxygens (including phenoxy) is 4. The molecule has 0 aliphatic heterocycles. The summed E-state index contributed by atoms with van der Waals surface area (Å²) in [6.45, 7) is 14.1. The second-order valence-electron chi connectivity index (χ2n) is 26.9. The van der Waals surface area contributed by atoms with Gasteiger partial charge in [-0.2, -0.15) is 0 Å². The molecule has 0 aromatic carbocycles. The van der Waals surface area contributed by atoms with Crippen LogP contribution in [0.3, 0.4) is 0 Å². The zero-order valence-corrected chi connectivity index (χ0v) is 59.8. The van der Waals surface area contributed by atoms with E-state index in [1.807, 2.05) is 0 Å². The smallest absolute Gasteiger partial charge is 0.462 e. The van der Waals surface area contributed by atoms with Crippen molar-refractivity contribution < 1.29 is 80.2 Å². The van der Waals surface area contributed by atoms with E-state index >= 15 is 0 Å². The van der Waals surface area contributed by atoms with Crippen LogP contribution in [0.5, 0.6) is 0 Å². The van der Waals surface area contributed by atoms with Gasteiger partial charge in [-0.1, -0.05) is 293 Å². The lowest BCUT2D eigenvalue weighted by atomic mass is 10.00. The third-order valence-corrected chi connectivity index (χ3v) is 18.3. The van der Waals surface area contributed by atoms with E-state index in [1.165, 1.54) is 135 Å². The fourth-order valence-corrected chi connectivity index (χ4v) is 12.0. The molecule has 0 aromatic rings. The molecule has 0 saturated heterocycles. The second-order valence-corrected chi connectivity index (χ2v) is 29.8. The minimum Gasteiger partial charge on any atom is -0.462 e. The SMILES string of the molecule is CCC(C)CCCCCCCCC(=O)OC[C@H](COP(=O)(O)OC[C@H](O)COP(=O)(O)OC[C@@H](COC(=O)CCCCCCCCCC(C)C)OC(=O)CCCCCCCCCCCCCC(C)C)OC(=O)CCCCCCCCCCCCCCC(C)C. The first-order valence-electron chi connectivity index (χ1n) is 36.2. The van der Waals surface area contributed by atoms with Crippen molar-refractivity contribution in [2.45, 2.75) is 363 Å². The molecule has 0 spiro atoms. The van der Waals surface area contributed by atoms with E-state index in [2.05, 4.69) is 55.4 Å². The van der Waals surface area contributed by atoms with Gasteiger partial charge in [-0.05, 0) is 49.4 Å². The molecular formula is C70H136O17P2. The van der Waals surface area contributed by atoms with E-state index in [-0.39, 0.29) is 25.7 Å². The molecule has 528 valence electrons. The first kappa shape index (κ1) is 87.1. The van der Waals surface area contributed by atoms with E-state index in [0.717, 1.165) is 120 Å². The Balaban J connectivity index is 5.25. The summed E-state index contributed by atoms with van der Waals surface area (Å²) in [5.41, 5.74) is 0. The Morgan fingerprint density at radius 1 is 0.315 bits per heavy atom. The lowest BCUT2D eigenvalue weighted by Gasteiger charge is -2.21. The molecule has 0 radical (unpaired) electrons. The molecule has 0 saturated carbocycles. The lowest BCUT2D eigenvalue weighted by molar-refractivity contribution is -0.161. The fraction of sp³-hybridized carbons (Fsp3) is 0.943. The number of phosphoric ester groups is 2. The number of hydrogen-bond acceptors (Lipinski definition) is 15. The predicted molar refractivity (Wildman–Crippen MR) is 358 cm³/mol. The van der Waals surface area contributed by atoms with Crippen molar-refractivity contribution in [3.8, 4) is 0 Å². The van der Waals surface area contributed by atoms with Gasteiger partial charge in [0.15, 0.2) is 12.2 Å². The summed E-state index contributed by atoms with van der Waals surface area (Å²) in [5.74, 6) is 0.847. The monoisotopic (exact) mass is 1310 g/mol. The number of rotatable bonds is 67. The highest BCUT2D eigenvalue weighted by Gasteiger charge is 2.30. The van der Waals surface area contributed by atoms with Crippen LogP contribution in [0, 0.1) is 23.7 Å². The highest BCUT2D eigenvalue weighted by atomic mass is 31.2. The largest absolute Gasteiger partial charge is 0.472 e. The van der Waals surface area contributed by atoms with Gasteiger partial charge in [-0.15, -0.1) is 0 Å². The van der Waals surface area contributed by atoms with Crippen molar-refractivity contribution in [1.82, 2.24) is 0 Å². The zero-order valence-electron chi connectivity index (χ0n) is 58.1. The molecule has 0 fully saturated rings. The third kappa shape index (κ3) is 63.2. The van der Waals surface area contributed by atoms with Gasteiger partial charge in [0.25, 0.3) is 0 Å². The molecule has 0 heterocycles. The van der Waals surface area contributed by atoms with Crippen LogP contribution in [-0.2, 0) is 65.4 Å². The summed E-state index contributed by atoms with van der Waals surface area (Å²) in [5, 5.41) is 10.6. The van der Waals surface area contributed by atoms with Crippen LogP contribution in [0.1, 0.15) is 344 Å². The lowest BCUT2D eigenvalue weighted by Crippen LogP contribution is -2.30. The Hall–Kier alpha value is -1.94. The van der Waals surface area contributed by atoms with Crippen molar-refractivity contribution >= 4 is 39.5 Å². The fourth-order valence-electron chi connectivity index (χ4n) is 10.5. The third-order valence-electron chi connectivity index (χ3n) is 16.4. The first-order valence-corrected chi connectivity index (χ1v) is 39.2. The van der Waals surface area contributed by atoms with Crippen molar-refractivity contribution in [2.75, 3.05) is 39.6 Å². The quantitative estimate of drug-likeness (QED) is 0.0222.